The lowest BCUT2D eigenvalue weighted by Gasteiger charge is -2.26. The number of phenols is 1. The van der Waals surface area contributed by atoms with Crippen molar-refractivity contribution in [1.82, 2.24) is 4.31 Å². The van der Waals surface area contributed by atoms with Gasteiger partial charge in [0, 0.05) is 18.8 Å². The van der Waals surface area contributed by atoms with E-state index in [0.29, 0.717) is 24.5 Å². The van der Waals surface area contributed by atoms with E-state index in [1.165, 1.54) is 47.8 Å². The molecule has 1 heterocycles. The van der Waals surface area contributed by atoms with Gasteiger partial charge in [-0.25, -0.2) is 13.2 Å². The number of carbonyl (C=O) groups is 2. The smallest absolute Gasteiger partial charge is 0.337 e. The zero-order chi connectivity index (χ0) is 21.0. The SMILES string of the molecule is COC(=O)c1ccc(NC(=O)c2cc(S(=O)(=O)N3CCOCC3)ccc2O)cc1. The molecule has 2 N–H and O–H groups in total. The summed E-state index contributed by atoms with van der Waals surface area (Å²) in [5, 5.41) is 12.6. The molecule has 154 valence electrons. The number of morpholine rings is 1. The van der Waals surface area contributed by atoms with E-state index < -0.39 is 21.9 Å². The summed E-state index contributed by atoms with van der Waals surface area (Å²) in [5.41, 5.74) is 0.492. The minimum absolute atomic E-state index is 0.0941. The topological polar surface area (TPSA) is 122 Å². The van der Waals surface area contributed by atoms with Gasteiger partial charge in [-0.15, -0.1) is 0 Å². The van der Waals surface area contributed by atoms with Crippen molar-refractivity contribution in [3.05, 3.63) is 53.6 Å². The number of phenolic OH excluding ortho intramolecular Hbond substituents is 1. The Labute approximate surface area is 167 Å². The molecule has 1 aliphatic heterocycles. The Morgan fingerprint density at radius 2 is 1.76 bits per heavy atom. The summed E-state index contributed by atoms with van der Waals surface area (Å²) >= 11 is 0. The predicted octanol–water partition coefficient (Wildman–Crippen LogP) is 1.45. The number of carbonyl (C=O) groups excluding carboxylic acids is 2. The van der Waals surface area contributed by atoms with Crippen LogP contribution in [0.2, 0.25) is 0 Å². The highest BCUT2D eigenvalue weighted by molar-refractivity contribution is 7.89. The average Bonchev–Trinajstić information content (AvgIpc) is 2.74. The van der Waals surface area contributed by atoms with E-state index in [9.17, 15) is 23.1 Å². The van der Waals surface area contributed by atoms with Crippen LogP contribution in [0.25, 0.3) is 0 Å². The third kappa shape index (κ3) is 4.56. The van der Waals surface area contributed by atoms with Crippen molar-refractivity contribution in [2.75, 3.05) is 38.7 Å². The normalized spacial score (nSPS) is 14.9. The number of hydrogen-bond acceptors (Lipinski definition) is 7. The van der Waals surface area contributed by atoms with Crippen LogP contribution >= 0.6 is 0 Å². The molecule has 1 aliphatic rings. The maximum Gasteiger partial charge on any atom is 0.337 e. The van der Waals surface area contributed by atoms with Crippen LogP contribution in [-0.4, -0.2) is 63.1 Å². The number of amides is 1. The number of esters is 1. The number of rotatable bonds is 5. The van der Waals surface area contributed by atoms with Crippen LogP contribution in [0.15, 0.2) is 47.4 Å². The van der Waals surface area contributed by atoms with Crippen LogP contribution in [0.5, 0.6) is 5.75 Å². The van der Waals surface area contributed by atoms with Crippen molar-refractivity contribution in [2.24, 2.45) is 0 Å². The molecule has 0 unspecified atom stereocenters. The number of sulfonamides is 1. The van der Waals surface area contributed by atoms with Crippen LogP contribution in [0.4, 0.5) is 5.69 Å². The predicted molar refractivity (Wildman–Crippen MR) is 103 cm³/mol. The molecule has 0 aromatic heterocycles. The molecule has 1 amide bonds. The molecule has 1 saturated heterocycles. The molecule has 0 aliphatic carbocycles. The molecule has 2 aromatic rings. The van der Waals surface area contributed by atoms with Crippen molar-refractivity contribution >= 4 is 27.6 Å². The van der Waals surface area contributed by atoms with Gasteiger partial charge in [0.2, 0.25) is 10.0 Å². The summed E-state index contributed by atoms with van der Waals surface area (Å²) in [7, 11) is -2.55. The van der Waals surface area contributed by atoms with Gasteiger partial charge in [0.15, 0.2) is 0 Å². The van der Waals surface area contributed by atoms with Gasteiger partial charge in [0.1, 0.15) is 5.75 Å². The first-order valence-corrected chi connectivity index (χ1v) is 10.2. The minimum atomic E-state index is -3.81. The zero-order valence-electron chi connectivity index (χ0n) is 15.6. The summed E-state index contributed by atoms with van der Waals surface area (Å²) in [6, 6.07) is 9.50. The zero-order valence-corrected chi connectivity index (χ0v) is 16.4. The second kappa shape index (κ2) is 8.60. The molecule has 9 nitrogen and oxygen atoms in total. The number of nitrogens with zero attached hydrogens (tertiary/aromatic N) is 1. The van der Waals surface area contributed by atoms with Crippen LogP contribution < -0.4 is 5.32 Å². The lowest BCUT2D eigenvalue weighted by molar-refractivity contribution is 0.0600. The summed E-state index contributed by atoms with van der Waals surface area (Å²) < 4.78 is 36.6. The quantitative estimate of drug-likeness (QED) is 0.702. The number of ether oxygens (including phenoxy) is 2. The van der Waals surface area contributed by atoms with Crippen LogP contribution in [0.1, 0.15) is 20.7 Å². The van der Waals surface area contributed by atoms with Gasteiger partial charge < -0.3 is 19.9 Å². The maximum atomic E-state index is 12.8. The van der Waals surface area contributed by atoms with Gasteiger partial charge in [-0.1, -0.05) is 0 Å². The number of aromatic hydroxyl groups is 1. The van der Waals surface area contributed by atoms with E-state index in [2.05, 4.69) is 10.1 Å². The summed E-state index contributed by atoms with van der Waals surface area (Å²) in [5.74, 6) is -1.55. The van der Waals surface area contributed by atoms with Gasteiger partial charge in [-0.05, 0) is 42.5 Å². The Balaban J connectivity index is 1.82. The molecular formula is C19H20N2O7S. The largest absolute Gasteiger partial charge is 0.507 e. The highest BCUT2D eigenvalue weighted by Gasteiger charge is 2.27. The summed E-state index contributed by atoms with van der Waals surface area (Å²) in [6.07, 6.45) is 0. The first-order valence-electron chi connectivity index (χ1n) is 8.73. The molecule has 0 spiro atoms. The fraction of sp³-hybridized carbons (Fsp3) is 0.263. The highest BCUT2D eigenvalue weighted by Crippen LogP contribution is 2.25. The van der Waals surface area contributed by atoms with Crippen molar-refractivity contribution in [1.29, 1.82) is 0 Å². The van der Waals surface area contributed by atoms with E-state index in [1.807, 2.05) is 0 Å². The average molecular weight is 420 g/mol. The third-order valence-corrected chi connectivity index (χ3v) is 6.28. The Morgan fingerprint density at radius 1 is 1.10 bits per heavy atom. The van der Waals surface area contributed by atoms with Gasteiger partial charge in [-0.3, -0.25) is 4.79 Å². The Morgan fingerprint density at radius 3 is 2.38 bits per heavy atom. The van der Waals surface area contributed by atoms with E-state index in [0.717, 1.165) is 6.07 Å². The highest BCUT2D eigenvalue weighted by atomic mass is 32.2. The number of nitrogens with one attached hydrogen (secondary N) is 1. The first-order chi connectivity index (χ1) is 13.8. The number of methoxy groups -OCH3 is 1. The van der Waals surface area contributed by atoms with Gasteiger partial charge in [-0.2, -0.15) is 4.31 Å². The minimum Gasteiger partial charge on any atom is -0.507 e. The van der Waals surface area contributed by atoms with Crippen LogP contribution in [-0.2, 0) is 19.5 Å². The lowest BCUT2D eigenvalue weighted by atomic mass is 10.1. The van der Waals surface area contributed by atoms with E-state index in [1.54, 1.807) is 0 Å². The number of anilines is 1. The Hall–Kier alpha value is -2.95. The molecule has 29 heavy (non-hydrogen) atoms. The summed E-state index contributed by atoms with van der Waals surface area (Å²) in [4.78, 5) is 23.9. The third-order valence-electron chi connectivity index (χ3n) is 4.38. The second-order valence-corrected chi connectivity index (χ2v) is 8.16. The van der Waals surface area contributed by atoms with Gasteiger partial charge >= 0.3 is 5.97 Å². The van der Waals surface area contributed by atoms with E-state index in [4.69, 9.17) is 4.74 Å². The fourth-order valence-electron chi connectivity index (χ4n) is 2.80. The molecule has 0 atom stereocenters. The molecular weight excluding hydrogens is 400 g/mol. The Kier molecular flexibility index (Phi) is 6.16. The van der Waals surface area contributed by atoms with E-state index >= 15 is 0 Å². The molecule has 0 saturated carbocycles. The molecule has 10 heteroatoms. The molecule has 2 aromatic carbocycles. The second-order valence-electron chi connectivity index (χ2n) is 6.22. The monoisotopic (exact) mass is 420 g/mol. The molecule has 1 fully saturated rings. The van der Waals surface area contributed by atoms with E-state index in [-0.39, 0.29) is 29.3 Å². The van der Waals surface area contributed by atoms with Gasteiger partial charge in [0.05, 0.1) is 36.3 Å². The van der Waals surface area contributed by atoms with Gasteiger partial charge in [0.25, 0.3) is 5.91 Å². The van der Waals surface area contributed by atoms with Crippen LogP contribution in [0.3, 0.4) is 0 Å². The van der Waals surface area contributed by atoms with Crippen molar-refractivity contribution in [2.45, 2.75) is 4.90 Å². The molecule has 0 radical (unpaired) electrons. The Bertz CT molecular complexity index is 1010. The van der Waals surface area contributed by atoms with Crippen molar-refractivity contribution in [3.8, 4) is 5.75 Å². The fourth-order valence-corrected chi connectivity index (χ4v) is 4.23. The molecule has 3 rings (SSSR count). The standard InChI is InChI=1S/C19H20N2O7S/c1-27-19(24)13-2-4-14(5-3-13)20-18(23)16-12-15(6-7-17(16)22)29(25,26)21-8-10-28-11-9-21/h2-7,12,22H,8-11H2,1H3,(H,20,23). The number of benzene rings is 2. The lowest BCUT2D eigenvalue weighted by Crippen LogP contribution is -2.40. The number of hydrogen-bond donors (Lipinski definition) is 2. The molecule has 0 bridgehead atoms. The van der Waals surface area contributed by atoms with Crippen molar-refractivity contribution in [3.63, 3.8) is 0 Å². The maximum absolute atomic E-state index is 12.8. The summed E-state index contributed by atoms with van der Waals surface area (Å²) in [6.45, 7) is 1.03. The van der Waals surface area contributed by atoms with Crippen molar-refractivity contribution < 1.29 is 32.6 Å². The first kappa shape index (κ1) is 20.8. The van der Waals surface area contributed by atoms with Crippen LogP contribution in [0, 0.1) is 0 Å².